The Labute approximate surface area is 152 Å². The Morgan fingerprint density at radius 1 is 1.24 bits per heavy atom. The van der Waals surface area contributed by atoms with Gasteiger partial charge < -0.3 is 5.11 Å². The quantitative estimate of drug-likeness (QED) is 0.476. The van der Waals surface area contributed by atoms with E-state index in [1.807, 2.05) is 13.8 Å². The van der Waals surface area contributed by atoms with E-state index in [0.717, 1.165) is 25.7 Å². The van der Waals surface area contributed by atoms with Crippen LogP contribution in [-0.4, -0.2) is 25.9 Å². The van der Waals surface area contributed by atoms with E-state index in [1.165, 1.54) is 15.6 Å². The summed E-state index contributed by atoms with van der Waals surface area (Å²) in [6.45, 7) is 6.07. The van der Waals surface area contributed by atoms with E-state index >= 15 is 0 Å². The van der Waals surface area contributed by atoms with E-state index in [0.29, 0.717) is 13.1 Å². The van der Waals surface area contributed by atoms with E-state index in [9.17, 15) is 14.7 Å². The number of hydrogen-bond donors (Lipinski definition) is 2. The number of carbonyl (C=O) groups excluding carboxylic acids is 1. The van der Waals surface area contributed by atoms with Crippen LogP contribution in [0.5, 0.6) is 5.88 Å². The first-order valence-electron chi connectivity index (χ1n) is 8.83. The molecule has 0 atom stereocenters. The molecule has 0 bridgehead atoms. The van der Waals surface area contributed by atoms with Gasteiger partial charge in [-0.25, -0.2) is 5.43 Å². The van der Waals surface area contributed by atoms with Gasteiger partial charge in [0.2, 0.25) is 11.8 Å². The number of hydrogen-bond acceptors (Lipinski definition) is 5. The lowest BCUT2D eigenvalue weighted by atomic mass is 9.89. The molecule has 2 rings (SSSR count). The van der Waals surface area contributed by atoms with Crippen LogP contribution in [-0.2, 0) is 17.9 Å². The van der Waals surface area contributed by atoms with Gasteiger partial charge in [0.1, 0.15) is 5.56 Å². The maximum Gasteiger partial charge on any atom is 0.267 e. The summed E-state index contributed by atoms with van der Waals surface area (Å²) in [4.78, 5) is 24.8. The van der Waals surface area contributed by atoms with Gasteiger partial charge in [-0.15, -0.1) is 0 Å². The summed E-state index contributed by atoms with van der Waals surface area (Å²) in [5, 5.41) is 14.5. The van der Waals surface area contributed by atoms with E-state index in [1.54, 1.807) is 6.92 Å². The molecule has 25 heavy (non-hydrogen) atoms. The van der Waals surface area contributed by atoms with Crippen molar-refractivity contribution in [3.05, 3.63) is 20.7 Å². The minimum atomic E-state index is -0.400. The summed E-state index contributed by atoms with van der Waals surface area (Å²) >= 11 is 5.26. The fourth-order valence-corrected chi connectivity index (χ4v) is 3.65. The first kappa shape index (κ1) is 19.4. The van der Waals surface area contributed by atoms with Crippen molar-refractivity contribution in [3.8, 4) is 5.88 Å². The first-order chi connectivity index (χ1) is 11.9. The molecule has 0 radical (unpaired) electrons. The largest absolute Gasteiger partial charge is 0.494 e. The molecule has 1 heterocycles. The number of amides is 1. The Morgan fingerprint density at radius 2 is 1.84 bits per heavy atom. The van der Waals surface area contributed by atoms with Crippen LogP contribution >= 0.6 is 12.2 Å². The highest BCUT2D eigenvalue weighted by Gasteiger charge is 2.22. The van der Waals surface area contributed by atoms with Gasteiger partial charge in [-0.2, -0.15) is 5.10 Å². The molecule has 1 aliphatic rings. The monoisotopic (exact) mass is 366 g/mol. The highest BCUT2D eigenvalue weighted by molar-refractivity contribution is 7.71. The van der Waals surface area contributed by atoms with Crippen LogP contribution in [0.3, 0.4) is 0 Å². The normalized spacial score (nSPS) is 16.0. The Bertz CT molecular complexity index is 788. The minimum absolute atomic E-state index is 0.0261. The van der Waals surface area contributed by atoms with E-state index < -0.39 is 5.56 Å². The highest BCUT2D eigenvalue weighted by atomic mass is 32.1. The summed E-state index contributed by atoms with van der Waals surface area (Å²) < 4.78 is 3.17. The maximum absolute atomic E-state index is 12.6. The van der Waals surface area contributed by atoms with E-state index in [2.05, 4.69) is 10.5 Å². The number of aromatic hydroxyl groups is 1. The lowest BCUT2D eigenvalue weighted by molar-refractivity contribution is -0.125. The van der Waals surface area contributed by atoms with Crippen molar-refractivity contribution in [2.75, 3.05) is 0 Å². The minimum Gasteiger partial charge on any atom is -0.494 e. The Kier molecular flexibility index (Phi) is 6.52. The van der Waals surface area contributed by atoms with Gasteiger partial charge in [-0.1, -0.05) is 19.3 Å². The molecule has 1 saturated carbocycles. The van der Waals surface area contributed by atoms with Gasteiger partial charge in [-0.3, -0.25) is 18.7 Å². The van der Waals surface area contributed by atoms with Gasteiger partial charge in [-0.05, 0) is 45.8 Å². The zero-order valence-electron chi connectivity index (χ0n) is 15.0. The standard InChI is InChI=1S/C17H26N4O3S/c1-4-20-15(23)13(16(24)21(5-2)17(20)25)11(3)18-19-14(22)12-9-7-6-8-10-12/h12,23H,4-10H2,1-3H3,(H,19,22). The smallest absolute Gasteiger partial charge is 0.267 e. The highest BCUT2D eigenvalue weighted by Crippen LogP contribution is 2.23. The van der Waals surface area contributed by atoms with Crippen LogP contribution in [0, 0.1) is 10.7 Å². The van der Waals surface area contributed by atoms with Crippen LogP contribution in [0.4, 0.5) is 0 Å². The van der Waals surface area contributed by atoms with Crippen molar-refractivity contribution in [2.45, 2.75) is 66.0 Å². The second kappa shape index (κ2) is 8.42. The van der Waals surface area contributed by atoms with Crippen molar-refractivity contribution < 1.29 is 9.90 Å². The van der Waals surface area contributed by atoms with Crippen molar-refractivity contribution in [1.29, 1.82) is 0 Å². The molecule has 0 aliphatic heterocycles. The zero-order chi connectivity index (χ0) is 18.6. The molecule has 1 aromatic rings. The molecule has 8 heteroatoms. The third-order valence-corrected chi connectivity index (χ3v) is 5.14. The van der Waals surface area contributed by atoms with Crippen molar-refractivity contribution in [3.63, 3.8) is 0 Å². The molecule has 138 valence electrons. The van der Waals surface area contributed by atoms with Crippen LogP contribution < -0.4 is 11.0 Å². The Balaban J connectivity index is 2.35. The molecule has 1 amide bonds. The van der Waals surface area contributed by atoms with Gasteiger partial charge in [0, 0.05) is 19.0 Å². The van der Waals surface area contributed by atoms with Crippen LogP contribution in [0.25, 0.3) is 0 Å². The molecule has 0 unspecified atom stereocenters. The summed E-state index contributed by atoms with van der Waals surface area (Å²) in [5.41, 5.74) is 2.49. The number of hydrazone groups is 1. The SMILES string of the molecule is CCn1c(O)c(C(C)=NNC(=O)C2CCCCC2)c(=O)n(CC)c1=S. The molecular weight excluding hydrogens is 340 g/mol. The average molecular weight is 366 g/mol. The fourth-order valence-electron chi connectivity index (χ4n) is 3.22. The van der Waals surface area contributed by atoms with Crippen molar-refractivity contribution in [2.24, 2.45) is 11.0 Å². The third-order valence-electron chi connectivity index (χ3n) is 4.70. The molecule has 1 fully saturated rings. The molecule has 0 saturated heterocycles. The van der Waals surface area contributed by atoms with Crippen molar-refractivity contribution >= 4 is 23.8 Å². The fraction of sp³-hybridized carbons (Fsp3) is 0.647. The Morgan fingerprint density at radius 3 is 2.40 bits per heavy atom. The maximum atomic E-state index is 12.6. The van der Waals surface area contributed by atoms with Crippen molar-refractivity contribution in [1.82, 2.24) is 14.6 Å². The third kappa shape index (κ3) is 4.00. The van der Waals surface area contributed by atoms with E-state index in [-0.39, 0.29) is 33.8 Å². The number of rotatable bonds is 5. The topological polar surface area (TPSA) is 88.6 Å². The van der Waals surface area contributed by atoms with Crippen LogP contribution in [0.1, 0.15) is 58.4 Å². The molecular formula is C17H26N4O3S. The van der Waals surface area contributed by atoms with Gasteiger partial charge >= 0.3 is 0 Å². The van der Waals surface area contributed by atoms with Gasteiger partial charge in [0.05, 0.1) is 5.71 Å². The molecule has 7 nitrogen and oxygen atoms in total. The summed E-state index contributed by atoms with van der Waals surface area (Å²) in [7, 11) is 0. The number of nitrogens with zero attached hydrogens (tertiary/aromatic N) is 3. The van der Waals surface area contributed by atoms with Gasteiger partial charge in [0.15, 0.2) is 4.77 Å². The second-order valence-electron chi connectivity index (χ2n) is 6.28. The second-order valence-corrected chi connectivity index (χ2v) is 6.65. The Hall–Kier alpha value is -1.96. The average Bonchev–Trinajstić information content (AvgIpc) is 2.61. The van der Waals surface area contributed by atoms with Crippen LogP contribution in [0.15, 0.2) is 9.90 Å². The first-order valence-corrected chi connectivity index (χ1v) is 9.24. The van der Waals surface area contributed by atoms with Gasteiger partial charge in [0.25, 0.3) is 5.56 Å². The van der Waals surface area contributed by atoms with Crippen LogP contribution in [0.2, 0.25) is 0 Å². The lowest BCUT2D eigenvalue weighted by Crippen LogP contribution is -2.32. The van der Waals surface area contributed by atoms with E-state index in [4.69, 9.17) is 12.2 Å². The molecule has 1 aromatic heterocycles. The number of nitrogens with one attached hydrogen (secondary N) is 1. The summed E-state index contributed by atoms with van der Waals surface area (Å²) in [6.07, 6.45) is 5.02. The molecule has 0 aromatic carbocycles. The lowest BCUT2D eigenvalue weighted by Gasteiger charge is -2.19. The molecule has 0 spiro atoms. The zero-order valence-corrected chi connectivity index (χ0v) is 15.9. The number of carbonyl (C=O) groups is 1. The summed E-state index contributed by atoms with van der Waals surface area (Å²) in [5.74, 6) is -0.366. The summed E-state index contributed by atoms with van der Waals surface area (Å²) in [6, 6.07) is 0. The number of aromatic nitrogens is 2. The molecule has 2 N–H and O–H groups in total. The predicted molar refractivity (Wildman–Crippen MR) is 99.5 cm³/mol. The molecule has 1 aliphatic carbocycles. The predicted octanol–water partition coefficient (Wildman–Crippen LogP) is 2.55.